The average molecular weight is 2040 g/mol. The smallest absolute Gasteiger partial charge is 1.00 e. The molecule has 692 valence electrons. The molecule has 18 aromatic rings. The third-order valence-electron chi connectivity index (χ3n) is 21.6. The van der Waals surface area contributed by atoms with Gasteiger partial charge < -0.3 is 43.4 Å². The van der Waals surface area contributed by atoms with Crippen LogP contribution in [0, 0.1) is 0 Å². The van der Waals surface area contributed by atoms with Crippen molar-refractivity contribution in [3.63, 3.8) is 0 Å². The van der Waals surface area contributed by atoms with Gasteiger partial charge in [0.2, 0.25) is 0 Å². The molecule has 0 spiro atoms. The fourth-order valence-corrected chi connectivity index (χ4v) is 14.6. The van der Waals surface area contributed by atoms with E-state index in [4.69, 9.17) is 25.0 Å². The number of halogens is 3. The number of Topliss-reactive ketones (excluding diaryl/α,β-unsaturated/α-hetero) is 2. The summed E-state index contributed by atoms with van der Waals surface area (Å²) in [6.07, 6.45) is 29.6. The molecule has 0 aliphatic carbocycles. The monoisotopic (exact) mass is 2030 g/mol. The number of hydrogen-bond donors (Lipinski definition) is 4. The van der Waals surface area contributed by atoms with Gasteiger partial charge in [-0.05, 0) is 246 Å². The van der Waals surface area contributed by atoms with Crippen molar-refractivity contribution in [3.8, 4) is 122 Å². The number of benzene rings is 12. The van der Waals surface area contributed by atoms with Crippen molar-refractivity contribution in [3.05, 3.63) is 502 Å². The van der Waals surface area contributed by atoms with Crippen LogP contribution in [0.5, 0.6) is 0 Å². The van der Waals surface area contributed by atoms with Gasteiger partial charge in [0.05, 0.1) is 12.2 Å². The summed E-state index contributed by atoms with van der Waals surface area (Å²) in [5, 5.41) is 35.9. The van der Waals surface area contributed by atoms with E-state index in [1.165, 1.54) is 69.1 Å². The Kier molecular flexibility index (Phi) is 46.7. The number of carboxylic acid groups (broad SMARTS) is 1. The number of allylic oxidation sites excluding steroid dienone is 2. The van der Waals surface area contributed by atoms with E-state index in [-0.39, 0.29) is 59.6 Å². The molecule has 6 aromatic heterocycles. The predicted octanol–water partition coefficient (Wildman–Crippen LogP) is 25.3. The molecule has 19 rings (SSSR count). The normalized spacial score (nSPS) is 10.5. The predicted molar refractivity (Wildman–Crippen MR) is 576 cm³/mol. The van der Waals surface area contributed by atoms with E-state index in [2.05, 4.69) is 239 Å². The second-order valence-electron chi connectivity index (χ2n) is 31.3. The molecule has 1 saturated heterocycles. The SMILES string of the molecule is BrCc1ccc(-c2ccc(-c3cccnc3)cc2)cc1.C1CCOC1.C=CC.C=CCCc1ccc(-c2ccc(-c3cccnc3)cc2)cc1.CC(=O)c1ccc(-c2ccc(-c3cccnc3)cc2)cc1.CC(=O)c1ccc(-c2ccc(Br)cc2)cc1.O=C(O)c1ccc(-c2ccc(-c3cccnc3)cc2)cc1.OB(O)c1cccnc1.OCc1ccc(-c2ccc(-c3cccnc3)cc2)cc1.[Br-].[H-].[Mg+2]. The minimum absolute atomic E-state index is 0. The quantitative estimate of drug-likeness (QED) is 0.0242. The maximum Gasteiger partial charge on any atom is 2.00 e. The topological polar surface area (TPSA) is 219 Å². The number of nitrogens with zero attached hydrogens (tertiary/aromatic N) is 6. The second-order valence-corrected chi connectivity index (χ2v) is 32.8. The average Bonchev–Trinajstić information content (AvgIpc) is 0.909. The first kappa shape index (κ1) is 109. The molecule has 0 amide bonds. The van der Waals surface area contributed by atoms with Crippen LogP contribution >= 0.6 is 31.9 Å². The number of carboxylic acids is 1. The molecule has 7 heterocycles. The number of ether oxygens (including phenoxy) is 1. The van der Waals surface area contributed by atoms with E-state index in [1.807, 2.05) is 220 Å². The van der Waals surface area contributed by atoms with Crippen molar-refractivity contribution in [2.45, 2.75) is 58.4 Å². The fourth-order valence-electron chi connectivity index (χ4n) is 13.9. The number of rotatable bonds is 20. The van der Waals surface area contributed by atoms with Crippen molar-refractivity contribution < 1.29 is 57.8 Å². The second kappa shape index (κ2) is 59.8. The van der Waals surface area contributed by atoms with E-state index in [0.717, 1.165) is 136 Å². The molecule has 1 aliphatic rings. The van der Waals surface area contributed by atoms with Crippen LogP contribution in [0.1, 0.15) is 89.2 Å². The number of aromatic carboxylic acids is 1. The molecule has 139 heavy (non-hydrogen) atoms. The van der Waals surface area contributed by atoms with Gasteiger partial charge in [0.15, 0.2) is 11.6 Å². The molecule has 0 saturated carbocycles. The van der Waals surface area contributed by atoms with Gasteiger partial charge >= 0.3 is 36.1 Å². The van der Waals surface area contributed by atoms with Crippen molar-refractivity contribution in [1.29, 1.82) is 0 Å². The summed E-state index contributed by atoms with van der Waals surface area (Å²) >= 11 is 6.87. The number of hydrogen-bond acceptors (Lipinski definition) is 13. The van der Waals surface area contributed by atoms with Crippen LogP contribution in [0.3, 0.4) is 0 Å². The number of pyridine rings is 6. The van der Waals surface area contributed by atoms with Crippen molar-refractivity contribution >= 4 is 85.0 Å². The molecule has 0 radical (unpaired) electrons. The third kappa shape index (κ3) is 35.8. The molecule has 1 fully saturated rings. The number of alkyl halides is 1. The number of aliphatic hydroxyl groups is 1. The first-order chi connectivity index (χ1) is 67.0. The zero-order valence-electron chi connectivity index (χ0n) is 78.8. The Balaban J connectivity index is 0.000000198. The number of aliphatic hydroxyl groups excluding tert-OH is 1. The molecule has 0 unspecified atom stereocenters. The van der Waals surface area contributed by atoms with Crippen LogP contribution in [-0.4, -0.2) is 111 Å². The van der Waals surface area contributed by atoms with E-state index < -0.39 is 13.1 Å². The Morgan fingerprint density at radius 1 is 0.345 bits per heavy atom. The summed E-state index contributed by atoms with van der Waals surface area (Å²) in [5.41, 5.74) is 31.0. The molecule has 14 nitrogen and oxygen atoms in total. The number of aryl methyl sites for hydroxylation is 1. The van der Waals surface area contributed by atoms with Gasteiger partial charge in [-0.2, -0.15) is 0 Å². The summed E-state index contributed by atoms with van der Waals surface area (Å²) < 4.78 is 6.01. The minimum Gasteiger partial charge on any atom is -1.00 e. The zero-order valence-corrected chi connectivity index (χ0v) is 84.0. The van der Waals surface area contributed by atoms with E-state index in [9.17, 15) is 14.4 Å². The fraction of sp³-hybridized carbons (Fsp3) is 0.0917. The zero-order chi connectivity index (χ0) is 96.6. The van der Waals surface area contributed by atoms with Crippen LogP contribution in [-0.2, 0) is 23.1 Å². The van der Waals surface area contributed by atoms with Crippen LogP contribution in [0.4, 0.5) is 0 Å². The van der Waals surface area contributed by atoms with E-state index in [0.29, 0.717) is 11.0 Å². The molecule has 4 N–H and O–H groups in total. The maximum atomic E-state index is 11.3. The Bertz CT molecular complexity index is 6370. The van der Waals surface area contributed by atoms with Gasteiger partial charge in [-0.3, -0.25) is 39.5 Å². The first-order valence-corrected chi connectivity index (χ1v) is 46.7. The first-order valence-electron chi connectivity index (χ1n) is 44.8. The molecule has 12 aromatic carbocycles. The van der Waals surface area contributed by atoms with Crippen LogP contribution in [0.15, 0.2) is 468 Å². The molecule has 0 bridgehead atoms. The maximum absolute atomic E-state index is 11.3. The standard InChI is InChI=1S/C21H19N.C19H15NO.C18H14BrN.C18H13NO2.C18H15NO.C14H11BrO.C5H6BNO2.C4H8O.C3H6.BrH.Mg.H/c1-2-3-5-17-7-9-18(10-8-17)19-11-13-20(14-12-19)21-6-4-15-22-16-21;1-14(21)15-4-6-16(7-5-15)17-8-10-18(11-9-17)19-3-2-12-20-13-19;19-12-14-3-5-15(6-4-14)16-7-9-17(10-8-16)18-2-1-11-20-13-18;20-18(21)16-9-7-14(8-10-16)13-3-5-15(6-4-13)17-2-1-11-19-12-17;20-13-14-3-5-15(6-4-14)16-7-9-17(10-8-16)18-2-1-11-19-12-18;1-10(16)11-2-4-12(5-3-11)13-6-8-14(15)9-7-13;8-6(9)5-2-1-3-7-4-5;1-2-4-5-3-1;1-3-2;;;/h2,4,6-16H,1,3,5H2;2-13H,1H3;1-11,13H,12H2;1-12H,(H,20,21);1-12,20H,13H2;2-9H,1H3;1-4,8-9H;1-4H2;3H,1H2,2H3;1H;;/q;;;;;;;;;;+2;-1/p-1. The van der Waals surface area contributed by atoms with Gasteiger partial charge in [0, 0.05) is 114 Å². The summed E-state index contributed by atoms with van der Waals surface area (Å²) in [7, 11) is -1.40. The molecule has 1 aliphatic heterocycles. The van der Waals surface area contributed by atoms with Crippen LogP contribution < -0.4 is 22.4 Å². The van der Waals surface area contributed by atoms with Gasteiger partial charge in [0.1, 0.15) is 0 Å². The van der Waals surface area contributed by atoms with E-state index >= 15 is 0 Å². The summed E-state index contributed by atoms with van der Waals surface area (Å²) in [6, 6.07) is 121. The Hall–Kier alpha value is -14.1. The van der Waals surface area contributed by atoms with Crippen molar-refractivity contribution in [2.75, 3.05) is 13.2 Å². The molecular formula is C120H108BBr3MgN6O8. The number of carbonyl (C=O) groups is 3. The molecule has 0 atom stereocenters. The van der Waals surface area contributed by atoms with Gasteiger partial charge in [0.25, 0.3) is 0 Å². The number of carbonyl (C=O) groups excluding carboxylic acids is 2. The summed E-state index contributed by atoms with van der Waals surface area (Å²) in [4.78, 5) is 57.7. The molecular weight excluding hydrogens is 1930 g/mol. The Morgan fingerprint density at radius 3 is 0.763 bits per heavy atom. The molecule has 19 heteroatoms. The Morgan fingerprint density at radius 2 is 0.568 bits per heavy atom. The number of ketones is 2. The van der Waals surface area contributed by atoms with E-state index in [1.54, 1.807) is 81.4 Å². The van der Waals surface area contributed by atoms with Gasteiger partial charge in [-0.25, -0.2) is 4.79 Å². The van der Waals surface area contributed by atoms with Crippen LogP contribution in [0.2, 0.25) is 0 Å². The van der Waals surface area contributed by atoms with Gasteiger partial charge in [-0.1, -0.05) is 347 Å². The van der Waals surface area contributed by atoms with Crippen molar-refractivity contribution in [2.24, 2.45) is 0 Å². The van der Waals surface area contributed by atoms with Crippen LogP contribution in [0.25, 0.3) is 122 Å². The summed E-state index contributed by atoms with van der Waals surface area (Å²) in [6.45, 7) is 14.3. The largest absolute Gasteiger partial charge is 2.00 e. The van der Waals surface area contributed by atoms with Gasteiger partial charge in [-0.15, -0.1) is 13.2 Å². The van der Waals surface area contributed by atoms with Crippen molar-refractivity contribution in [1.82, 2.24) is 29.9 Å². The third-order valence-corrected chi connectivity index (χ3v) is 22.8. The number of aromatic nitrogens is 6. The Labute approximate surface area is 861 Å². The minimum atomic E-state index is -1.40. The summed E-state index contributed by atoms with van der Waals surface area (Å²) in [5.74, 6) is -0.718.